The largest absolute Gasteiger partial charge is 0.381 e. The van der Waals surface area contributed by atoms with E-state index in [1.807, 2.05) is 41.9 Å². The number of likely N-dealkylation sites (N-methyl/N-ethyl adjacent to an activating group) is 1. The highest BCUT2D eigenvalue weighted by Gasteiger charge is 2.37. The molecule has 41 heavy (non-hydrogen) atoms. The Labute approximate surface area is 239 Å². The highest BCUT2D eigenvalue weighted by Crippen LogP contribution is 2.39. The average molecular weight is 565 g/mol. The second kappa shape index (κ2) is 11.2. The Morgan fingerprint density at radius 2 is 1.90 bits per heavy atom. The molecule has 1 amide bonds. The highest BCUT2D eigenvalue weighted by molar-refractivity contribution is 6.10. The fourth-order valence-electron chi connectivity index (χ4n) is 6.59. The Hall–Kier alpha value is -3.21. The van der Waals surface area contributed by atoms with E-state index in [1.165, 1.54) is 0 Å². The van der Waals surface area contributed by atoms with Crippen molar-refractivity contribution in [3.63, 3.8) is 0 Å². The summed E-state index contributed by atoms with van der Waals surface area (Å²) < 4.78 is 36.2. The van der Waals surface area contributed by atoms with E-state index in [-0.39, 0.29) is 29.9 Å². The fraction of sp³-hybridized carbons (Fsp3) is 0.516. The van der Waals surface area contributed by atoms with Crippen LogP contribution in [0.15, 0.2) is 42.7 Å². The number of carbonyl (C=O) groups is 1. The van der Waals surface area contributed by atoms with Crippen LogP contribution in [0.1, 0.15) is 64.6 Å². The second-order valence-electron chi connectivity index (χ2n) is 12.1. The standard InChI is InChI=1S/C31H38F2N6O2/c1-19(2)27-15-36(3)8-9-38(27)13-20-10-24(29(32)33)26-14-39(31(40)25(26)11-20)23-7-5-6-21(12-23)28(22-16-41-17-22)30-35-34-18-37(30)4/h5-7,10-12,18-19,22,27-29H,8-9,13-17H2,1-4H3/t27-,28+/m1/s1. The van der Waals surface area contributed by atoms with E-state index in [2.05, 4.69) is 40.9 Å². The molecule has 8 nitrogen and oxygen atoms in total. The third-order valence-corrected chi connectivity index (χ3v) is 8.96. The number of carbonyl (C=O) groups excluding carboxylic acids is 1. The number of amides is 1. The summed E-state index contributed by atoms with van der Waals surface area (Å²) in [6.45, 7) is 9.07. The van der Waals surface area contributed by atoms with Crippen LogP contribution in [0, 0.1) is 11.8 Å². The van der Waals surface area contributed by atoms with Gasteiger partial charge < -0.3 is 19.1 Å². The molecule has 0 aliphatic carbocycles. The molecule has 3 aliphatic rings. The van der Waals surface area contributed by atoms with E-state index in [0.717, 1.165) is 36.6 Å². The van der Waals surface area contributed by atoms with E-state index in [0.29, 0.717) is 48.5 Å². The van der Waals surface area contributed by atoms with Crippen molar-refractivity contribution in [2.24, 2.45) is 18.9 Å². The van der Waals surface area contributed by atoms with Gasteiger partial charge in [0.05, 0.1) is 25.7 Å². The molecular weight excluding hydrogens is 526 g/mol. The Morgan fingerprint density at radius 3 is 2.56 bits per heavy atom. The van der Waals surface area contributed by atoms with Gasteiger partial charge >= 0.3 is 0 Å². The van der Waals surface area contributed by atoms with Gasteiger partial charge in [-0.3, -0.25) is 9.69 Å². The zero-order valence-electron chi connectivity index (χ0n) is 24.1. The van der Waals surface area contributed by atoms with Crippen LogP contribution in [0.2, 0.25) is 0 Å². The summed E-state index contributed by atoms with van der Waals surface area (Å²) in [5, 5.41) is 8.44. The Morgan fingerprint density at radius 1 is 1.10 bits per heavy atom. The SMILES string of the molecule is CC(C)[C@H]1CN(C)CCN1Cc1cc2c(c(C(F)F)c1)CN(c1cccc([C@H](c3nncn3C)C3COC3)c1)C2=O. The van der Waals surface area contributed by atoms with Gasteiger partial charge in [-0.05, 0) is 53.9 Å². The first-order valence-corrected chi connectivity index (χ1v) is 14.4. The van der Waals surface area contributed by atoms with Crippen LogP contribution in [0.4, 0.5) is 14.5 Å². The number of aromatic nitrogens is 3. The van der Waals surface area contributed by atoms with Crippen molar-refractivity contribution in [3.05, 3.63) is 76.4 Å². The third kappa shape index (κ3) is 5.29. The van der Waals surface area contributed by atoms with Crippen LogP contribution in [0.3, 0.4) is 0 Å². The number of hydrogen-bond donors (Lipinski definition) is 0. The molecule has 0 unspecified atom stereocenters. The van der Waals surface area contributed by atoms with Gasteiger partial charge in [-0.25, -0.2) is 8.78 Å². The second-order valence-corrected chi connectivity index (χ2v) is 12.1. The third-order valence-electron chi connectivity index (χ3n) is 8.96. The minimum absolute atomic E-state index is 0.0386. The number of halogens is 2. The lowest BCUT2D eigenvalue weighted by Crippen LogP contribution is -2.53. The summed E-state index contributed by atoms with van der Waals surface area (Å²) in [4.78, 5) is 20.1. The number of rotatable bonds is 8. The van der Waals surface area contributed by atoms with Crippen molar-refractivity contribution in [3.8, 4) is 0 Å². The van der Waals surface area contributed by atoms with Gasteiger partial charge in [0.15, 0.2) is 0 Å². The van der Waals surface area contributed by atoms with Crippen LogP contribution in [-0.4, -0.2) is 76.4 Å². The molecule has 2 saturated heterocycles. The molecule has 6 rings (SSSR count). The Kier molecular flexibility index (Phi) is 7.65. The Balaban J connectivity index is 1.30. The van der Waals surface area contributed by atoms with Gasteiger partial charge in [0.25, 0.3) is 12.3 Å². The molecule has 2 aromatic carbocycles. The first-order valence-electron chi connectivity index (χ1n) is 14.4. The van der Waals surface area contributed by atoms with E-state index >= 15 is 0 Å². The van der Waals surface area contributed by atoms with Crippen LogP contribution in [0.5, 0.6) is 0 Å². The molecule has 0 saturated carbocycles. The molecule has 0 bridgehead atoms. The van der Waals surface area contributed by atoms with Crippen LogP contribution >= 0.6 is 0 Å². The number of benzene rings is 2. The minimum Gasteiger partial charge on any atom is -0.381 e. The number of piperazine rings is 1. The van der Waals surface area contributed by atoms with Gasteiger partial charge in [-0.1, -0.05) is 26.0 Å². The summed E-state index contributed by atoms with van der Waals surface area (Å²) in [7, 11) is 4.04. The molecule has 1 aromatic heterocycles. The van der Waals surface area contributed by atoms with Crippen LogP contribution in [-0.2, 0) is 24.9 Å². The number of aryl methyl sites for hydroxylation is 1. The van der Waals surface area contributed by atoms with Crippen LogP contribution < -0.4 is 4.90 Å². The lowest BCUT2D eigenvalue weighted by atomic mass is 9.83. The fourth-order valence-corrected chi connectivity index (χ4v) is 6.59. The summed E-state index contributed by atoms with van der Waals surface area (Å²) in [6, 6.07) is 11.6. The van der Waals surface area contributed by atoms with E-state index in [9.17, 15) is 13.6 Å². The normalized spacial score (nSPS) is 21.1. The lowest BCUT2D eigenvalue weighted by Gasteiger charge is -2.42. The molecule has 2 atom stereocenters. The predicted octanol–water partition coefficient (Wildman–Crippen LogP) is 4.46. The number of ether oxygens (including phenoxy) is 1. The first kappa shape index (κ1) is 27.9. The van der Waals surface area contributed by atoms with Gasteiger partial charge in [-0.15, -0.1) is 10.2 Å². The van der Waals surface area contributed by atoms with Crippen molar-refractivity contribution in [2.45, 2.75) is 45.3 Å². The first-order chi connectivity index (χ1) is 19.7. The van der Waals surface area contributed by atoms with E-state index < -0.39 is 6.43 Å². The molecule has 218 valence electrons. The number of hydrogen-bond acceptors (Lipinski definition) is 6. The maximum Gasteiger partial charge on any atom is 0.264 e. The minimum atomic E-state index is -2.66. The number of nitrogens with zero attached hydrogens (tertiary/aromatic N) is 6. The van der Waals surface area contributed by atoms with E-state index in [4.69, 9.17) is 4.74 Å². The molecule has 0 radical (unpaired) electrons. The lowest BCUT2D eigenvalue weighted by molar-refractivity contribution is -0.0407. The topological polar surface area (TPSA) is 66.7 Å². The maximum atomic E-state index is 14.4. The van der Waals surface area contributed by atoms with Gasteiger partial charge in [0.1, 0.15) is 12.2 Å². The molecular formula is C31H38F2N6O2. The average Bonchev–Trinajstić information content (AvgIpc) is 3.49. The van der Waals surface area contributed by atoms with Crippen molar-refractivity contribution in [1.82, 2.24) is 24.6 Å². The zero-order chi connectivity index (χ0) is 28.8. The maximum absolute atomic E-state index is 14.4. The van der Waals surface area contributed by atoms with Gasteiger partial charge in [0.2, 0.25) is 0 Å². The molecule has 0 spiro atoms. The molecule has 10 heteroatoms. The van der Waals surface area contributed by atoms with Crippen molar-refractivity contribution >= 4 is 11.6 Å². The highest BCUT2D eigenvalue weighted by atomic mass is 19.3. The molecule has 2 fully saturated rings. The number of fused-ring (bicyclic) bond motifs is 1. The van der Waals surface area contributed by atoms with Crippen molar-refractivity contribution < 1.29 is 18.3 Å². The van der Waals surface area contributed by atoms with Gasteiger partial charge in [0, 0.05) is 62.0 Å². The van der Waals surface area contributed by atoms with Crippen LogP contribution in [0.25, 0.3) is 0 Å². The summed E-state index contributed by atoms with van der Waals surface area (Å²) in [5.74, 6) is 1.23. The van der Waals surface area contributed by atoms with E-state index in [1.54, 1.807) is 17.3 Å². The van der Waals surface area contributed by atoms with Gasteiger partial charge in [-0.2, -0.15) is 0 Å². The summed E-state index contributed by atoms with van der Waals surface area (Å²) >= 11 is 0. The number of anilines is 1. The predicted molar refractivity (Wildman–Crippen MR) is 152 cm³/mol. The molecule has 3 aliphatic heterocycles. The quantitative estimate of drug-likeness (QED) is 0.403. The van der Waals surface area contributed by atoms with Crippen molar-refractivity contribution in [2.75, 3.05) is 44.8 Å². The monoisotopic (exact) mass is 564 g/mol. The van der Waals surface area contributed by atoms with Crippen molar-refractivity contribution in [1.29, 1.82) is 0 Å². The summed E-state index contributed by atoms with van der Waals surface area (Å²) in [5.41, 5.74) is 3.23. The number of alkyl halides is 2. The Bertz CT molecular complexity index is 1420. The molecule has 4 heterocycles. The smallest absolute Gasteiger partial charge is 0.264 e. The molecule has 0 N–H and O–H groups in total. The summed E-state index contributed by atoms with van der Waals surface area (Å²) in [6.07, 6.45) is -0.975. The zero-order valence-corrected chi connectivity index (χ0v) is 24.1. The molecule has 3 aromatic rings.